The molecule has 1 saturated heterocycles. The van der Waals surface area contributed by atoms with E-state index in [0.29, 0.717) is 6.54 Å². The van der Waals surface area contributed by atoms with E-state index in [0.717, 1.165) is 40.9 Å². The minimum absolute atomic E-state index is 0.0298. The van der Waals surface area contributed by atoms with Crippen LogP contribution in [0.2, 0.25) is 0 Å². The molecule has 2 aliphatic heterocycles. The molecule has 2 bridgehead atoms. The van der Waals surface area contributed by atoms with E-state index in [1.165, 1.54) is 0 Å². The number of hydrogen-bond acceptors (Lipinski definition) is 4. The van der Waals surface area contributed by atoms with Crippen molar-refractivity contribution in [1.29, 1.82) is 0 Å². The van der Waals surface area contributed by atoms with Gasteiger partial charge in [0.05, 0.1) is 17.2 Å². The van der Waals surface area contributed by atoms with Crippen LogP contribution in [-0.4, -0.2) is 41.5 Å². The number of ether oxygens (including phenoxy) is 1. The Labute approximate surface area is 158 Å². The molecular weight excluding hydrogens is 338 g/mol. The van der Waals surface area contributed by atoms with Crippen LogP contribution in [0, 0.1) is 0 Å². The Balaban J connectivity index is 1.44. The molecule has 0 N–H and O–H groups in total. The molecule has 1 amide bonds. The first-order valence-corrected chi connectivity index (χ1v) is 9.30. The van der Waals surface area contributed by atoms with Crippen LogP contribution < -0.4 is 9.64 Å². The van der Waals surface area contributed by atoms with Crippen LogP contribution in [0.4, 0.5) is 5.69 Å². The maximum Gasteiger partial charge on any atom is 0.244 e. The highest BCUT2D eigenvalue weighted by Gasteiger charge is 2.41. The van der Waals surface area contributed by atoms with Crippen LogP contribution in [0.25, 0.3) is 10.9 Å². The smallest absolute Gasteiger partial charge is 0.244 e. The Morgan fingerprint density at radius 1 is 1.15 bits per heavy atom. The lowest BCUT2D eigenvalue weighted by atomic mass is 10.1. The average molecular weight is 359 g/mol. The molecule has 3 aromatic rings. The van der Waals surface area contributed by atoms with Gasteiger partial charge in [0, 0.05) is 38.1 Å². The van der Waals surface area contributed by atoms with E-state index in [1.54, 1.807) is 4.90 Å². The number of rotatable bonds is 2. The predicted octanol–water partition coefficient (Wildman–Crippen LogP) is 3.23. The number of likely N-dealkylation sites (N-methyl/N-ethyl adjacent to an activating group) is 1. The molecule has 5 rings (SSSR count). The zero-order valence-corrected chi connectivity index (χ0v) is 15.2. The Morgan fingerprint density at radius 3 is 2.89 bits per heavy atom. The van der Waals surface area contributed by atoms with Crippen LogP contribution in [0.15, 0.2) is 60.8 Å². The largest absolute Gasteiger partial charge is 0.487 e. The molecule has 0 unspecified atom stereocenters. The van der Waals surface area contributed by atoms with Crippen molar-refractivity contribution in [2.75, 3.05) is 18.5 Å². The number of amides is 1. The Kier molecular flexibility index (Phi) is 3.83. The van der Waals surface area contributed by atoms with Crippen molar-refractivity contribution in [2.45, 2.75) is 25.1 Å². The Bertz CT molecular complexity index is 1020. The van der Waals surface area contributed by atoms with Gasteiger partial charge in [-0.2, -0.15) is 0 Å². The molecule has 2 aromatic carbocycles. The van der Waals surface area contributed by atoms with Crippen LogP contribution >= 0.6 is 0 Å². The highest BCUT2D eigenvalue weighted by molar-refractivity contribution is 5.98. The monoisotopic (exact) mass is 359 g/mol. The maximum absolute atomic E-state index is 13.1. The van der Waals surface area contributed by atoms with E-state index >= 15 is 0 Å². The summed E-state index contributed by atoms with van der Waals surface area (Å²) in [5, 5.41) is 1.12. The molecule has 1 fully saturated rings. The van der Waals surface area contributed by atoms with Crippen LogP contribution in [0.5, 0.6) is 5.75 Å². The fourth-order valence-electron chi connectivity index (χ4n) is 4.17. The van der Waals surface area contributed by atoms with E-state index in [-0.39, 0.29) is 18.1 Å². The molecule has 136 valence electrons. The van der Waals surface area contributed by atoms with E-state index in [1.807, 2.05) is 55.7 Å². The molecule has 2 atom stereocenters. The van der Waals surface area contributed by atoms with Gasteiger partial charge in [-0.05, 0) is 29.8 Å². The van der Waals surface area contributed by atoms with Crippen molar-refractivity contribution in [1.82, 2.24) is 9.88 Å². The number of aromatic nitrogens is 1. The molecule has 0 radical (unpaired) electrons. The Hall–Kier alpha value is -2.92. The van der Waals surface area contributed by atoms with E-state index in [9.17, 15) is 4.79 Å². The number of benzene rings is 2. The van der Waals surface area contributed by atoms with Crippen molar-refractivity contribution >= 4 is 22.5 Å². The van der Waals surface area contributed by atoms with Gasteiger partial charge in [-0.25, -0.2) is 0 Å². The molecule has 1 aromatic heterocycles. The summed E-state index contributed by atoms with van der Waals surface area (Å²) in [7, 11) is 1.83. The highest BCUT2D eigenvalue weighted by Crippen LogP contribution is 2.35. The first kappa shape index (κ1) is 16.3. The third-order valence-corrected chi connectivity index (χ3v) is 5.53. The summed E-state index contributed by atoms with van der Waals surface area (Å²) in [5.41, 5.74) is 2.95. The van der Waals surface area contributed by atoms with E-state index < -0.39 is 0 Å². The number of para-hydroxylation sites is 3. The summed E-state index contributed by atoms with van der Waals surface area (Å²) < 4.78 is 6.23. The number of likely N-dealkylation sites (tertiary alicyclic amines) is 1. The molecule has 3 heterocycles. The standard InChI is InChI=1S/C22H21N3O2/c1-24-19-8-4-5-9-21(19)27-17-11-20(22(24)26)25(14-17)13-15-10-16-6-2-3-7-18(16)23-12-15/h2-10,12,17,20H,11,13-14H2,1H3/t17-,20-/m0/s1. The molecule has 27 heavy (non-hydrogen) atoms. The second kappa shape index (κ2) is 6.35. The minimum atomic E-state index is -0.167. The van der Waals surface area contributed by atoms with Crippen molar-refractivity contribution < 1.29 is 9.53 Å². The maximum atomic E-state index is 13.1. The number of carbonyl (C=O) groups excluding carboxylic acids is 1. The van der Waals surface area contributed by atoms with Crippen molar-refractivity contribution in [2.24, 2.45) is 0 Å². The van der Waals surface area contributed by atoms with Gasteiger partial charge in [0.2, 0.25) is 5.91 Å². The number of hydrogen-bond donors (Lipinski definition) is 0. The first-order chi connectivity index (χ1) is 13.2. The topological polar surface area (TPSA) is 45.7 Å². The minimum Gasteiger partial charge on any atom is -0.487 e. The molecule has 0 aliphatic carbocycles. The summed E-state index contributed by atoms with van der Waals surface area (Å²) in [6.45, 7) is 1.43. The summed E-state index contributed by atoms with van der Waals surface area (Å²) in [6.07, 6.45) is 2.66. The van der Waals surface area contributed by atoms with Crippen molar-refractivity contribution in [3.8, 4) is 5.75 Å². The summed E-state index contributed by atoms with van der Waals surface area (Å²) in [5.74, 6) is 0.910. The normalized spacial score (nSPS) is 22.3. The lowest BCUT2D eigenvalue weighted by Crippen LogP contribution is -2.44. The molecule has 0 saturated carbocycles. The van der Waals surface area contributed by atoms with Crippen molar-refractivity contribution in [3.63, 3.8) is 0 Å². The van der Waals surface area contributed by atoms with Gasteiger partial charge in [-0.15, -0.1) is 0 Å². The fourth-order valence-corrected chi connectivity index (χ4v) is 4.17. The quantitative estimate of drug-likeness (QED) is 0.705. The number of carbonyl (C=O) groups is 1. The third-order valence-electron chi connectivity index (χ3n) is 5.53. The van der Waals surface area contributed by atoms with Gasteiger partial charge in [-0.3, -0.25) is 14.7 Å². The summed E-state index contributed by atoms with van der Waals surface area (Å²) in [4.78, 5) is 21.7. The predicted molar refractivity (Wildman–Crippen MR) is 105 cm³/mol. The van der Waals surface area contributed by atoms with E-state index in [4.69, 9.17) is 4.74 Å². The number of nitrogens with zero attached hydrogens (tertiary/aromatic N) is 3. The zero-order chi connectivity index (χ0) is 18.4. The molecular formula is C22H21N3O2. The number of fused-ring (bicyclic) bond motifs is 4. The molecule has 5 heteroatoms. The van der Waals surface area contributed by atoms with Gasteiger partial charge in [0.25, 0.3) is 0 Å². The number of anilines is 1. The summed E-state index contributed by atoms with van der Waals surface area (Å²) >= 11 is 0. The Morgan fingerprint density at radius 2 is 1.96 bits per heavy atom. The lowest BCUT2D eigenvalue weighted by molar-refractivity contribution is -0.122. The fraction of sp³-hybridized carbons (Fsp3) is 0.273. The third kappa shape index (κ3) is 2.84. The highest BCUT2D eigenvalue weighted by atomic mass is 16.5. The van der Waals surface area contributed by atoms with E-state index in [2.05, 4.69) is 22.0 Å². The van der Waals surface area contributed by atoms with Gasteiger partial charge in [-0.1, -0.05) is 30.3 Å². The first-order valence-electron chi connectivity index (χ1n) is 9.30. The van der Waals surface area contributed by atoms with Crippen LogP contribution in [0.3, 0.4) is 0 Å². The molecule has 2 aliphatic rings. The van der Waals surface area contributed by atoms with Gasteiger partial charge in [0.1, 0.15) is 11.9 Å². The van der Waals surface area contributed by atoms with Gasteiger partial charge in [0.15, 0.2) is 0 Å². The van der Waals surface area contributed by atoms with Gasteiger partial charge >= 0.3 is 0 Å². The second-order valence-corrected chi connectivity index (χ2v) is 7.32. The molecule has 5 nitrogen and oxygen atoms in total. The van der Waals surface area contributed by atoms with Gasteiger partial charge < -0.3 is 9.64 Å². The summed E-state index contributed by atoms with van der Waals surface area (Å²) in [6, 6.07) is 17.9. The SMILES string of the molecule is CN1C(=O)[C@@H]2C[C@@H](CN2Cc2cnc3ccccc3c2)Oc2ccccc21. The molecule has 0 spiro atoms. The zero-order valence-electron chi connectivity index (χ0n) is 15.2. The number of pyridine rings is 1. The average Bonchev–Trinajstić information content (AvgIpc) is 3.09. The van der Waals surface area contributed by atoms with Crippen molar-refractivity contribution in [3.05, 3.63) is 66.4 Å². The van der Waals surface area contributed by atoms with Crippen LogP contribution in [0.1, 0.15) is 12.0 Å². The second-order valence-electron chi connectivity index (χ2n) is 7.32. The lowest BCUT2D eigenvalue weighted by Gasteiger charge is -2.29. The van der Waals surface area contributed by atoms with Crippen LogP contribution in [-0.2, 0) is 11.3 Å².